The fourth-order valence-electron chi connectivity index (χ4n) is 5.90. The first kappa shape index (κ1) is 22.2. The third kappa shape index (κ3) is 3.26. The van der Waals surface area contributed by atoms with Crippen LogP contribution >= 0.6 is 35.8 Å². The van der Waals surface area contributed by atoms with Crippen LogP contribution in [0.4, 0.5) is 5.69 Å². The second-order valence-electron chi connectivity index (χ2n) is 9.88. The summed E-state index contributed by atoms with van der Waals surface area (Å²) in [5, 5.41) is 4.39. The molecule has 2 aromatic carbocycles. The Kier molecular flexibility index (Phi) is 5.32. The maximum atomic E-state index is 13.7. The molecule has 2 aliphatic heterocycles. The SMILES string of the molecule is O=C1CC(c2ccc(N3CC4(CCC4)C3)cc2)(c2ccsc2)N(S)C(=O)C1c1ccccc1Cl. The first-order valence-electron chi connectivity index (χ1n) is 11.6. The van der Waals surface area contributed by atoms with Gasteiger partial charge in [-0.05, 0) is 64.6 Å². The second-order valence-corrected chi connectivity index (χ2v) is 11.5. The van der Waals surface area contributed by atoms with Crippen LogP contribution in [0, 0.1) is 5.41 Å². The fraction of sp³-hybridized carbons (Fsp3) is 0.333. The minimum Gasteiger partial charge on any atom is -0.370 e. The van der Waals surface area contributed by atoms with Gasteiger partial charge < -0.3 is 4.90 Å². The molecule has 2 saturated heterocycles. The van der Waals surface area contributed by atoms with Crippen molar-refractivity contribution >= 4 is 53.1 Å². The summed E-state index contributed by atoms with van der Waals surface area (Å²) in [4.78, 5) is 29.7. The Morgan fingerprint density at radius 2 is 1.71 bits per heavy atom. The van der Waals surface area contributed by atoms with Gasteiger partial charge in [-0.25, -0.2) is 0 Å². The molecule has 6 rings (SSSR count). The number of hydrogen-bond acceptors (Lipinski definition) is 5. The van der Waals surface area contributed by atoms with E-state index >= 15 is 0 Å². The van der Waals surface area contributed by atoms with Crippen LogP contribution in [-0.4, -0.2) is 29.1 Å². The van der Waals surface area contributed by atoms with Crippen LogP contribution in [0.5, 0.6) is 0 Å². The van der Waals surface area contributed by atoms with Gasteiger partial charge in [0.2, 0.25) is 5.91 Å². The molecule has 0 radical (unpaired) electrons. The van der Waals surface area contributed by atoms with Gasteiger partial charge in [-0.2, -0.15) is 11.3 Å². The van der Waals surface area contributed by atoms with Gasteiger partial charge in [0.05, 0.1) is 0 Å². The largest absolute Gasteiger partial charge is 0.370 e. The highest BCUT2D eigenvalue weighted by molar-refractivity contribution is 7.78. The van der Waals surface area contributed by atoms with Gasteiger partial charge in [0.25, 0.3) is 0 Å². The smallest absolute Gasteiger partial charge is 0.248 e. The van der Waals surface area contributed by atoms with E-state index in [-0.39, 0.29) is 18.1 Å². The predicted octanol–water partition coefficient (Wildman–Crippen LogP) is 6.07. The van der Waals surface area contributed by atoms with E-state index in [1.165, 1.54) is 29.3 Å². The molecule has 1 amide bonds. The van der Waals surface area contributed by atoms with Gasteiger partial charge in [-0.1, -0.05) is 61.2 Å². The van der Waals surface area contributed by atoms with Crippen LogP contribution in [0.15, 0.2) is 65.4 Å². The molecule has 174 valence electrons. The number of Topliss-reactive ketones (excluding diaryl/α,β-unsaturated/α-hetero) is 1. The van der Waals surface area contributed by atoms with E-state index in [0.717, 1.165) is 24.2 Å². The monoisotopic (exact) mass is 508 g/mol. The first-order valence-corrected chi connectivity index (χ1v) is 13.3. The van der Waals surface area contributed by atoms with E-state index in [9.17, 15) is 9.59 Å². The standard InChI is InChI=1S/C27H25ClN2O2S2/c28-22-5-2-1-4-21(22)24-23(31)14-27(30(33)25(24)32,19-10-13-34-15-19)18-6-8-20(9-7-18)29-16-26(17-29)11-3-12-26/h1-2,4-10,13,15,24,33H,3,11-12,14,16-17H2. The summed E-state index contributed by atoms with van der Waals surface area (Å²) < 4.78 is 1.46. The summed E-state index contributed by atoms with van der Waals surface area (Å²) in [7, 11) is 0. The van der Waals surface area contributed by atoms with Crippen molar-refractivity contribution in [3.63, 3.8) is 0 Å². The van der Waals surface area contributed by atoms with Crippen molar-refractivity contribution in [2.24, 2.45) is 5.41 Å². The first-order chi connectivity index (χ1) is 16.4. The zero-order valence-corrected chi connectivity index (χ0v) is 21.1. The molecule has 1 aromatic heterocycles. The number of amides is 1. The number of halogens is 1. The highest BCUT2D eigenvalue weighted by atomic mass is 35.5. The Morgan fingerprint density at radius 3 is 2.32 bits per heavy atom. The number of hydrogen-bond donors (Lipinski definition) is 1. The molecule has 1 saturated carbocycles. The van der Waals surface area contributed by atoms with Gasteiger partial charge in [-0.15, -0.1) is 0 Å². The van der Waals surface area contributed by atoms with Crippen LogP contribution in [0.25, 0.3) is 0 Å². The number of carbonyl (C=O) groups excluding carboxylic acids is 2. The molecule has 1 aliphatic carbocycles. The number of anilines is 1. The topological polar surface area (TPSA) is 40.6 Å². The molecule has 2 atom stereocenters. The van der Waals surface area contributed by atoms with E-state index in [0.29, 0.717) is 16.0 Å². The van der Waals surface area contributed by atoms with Gasteiger partial charge in [0, 0.05) is 35.6 Å². The van der Waals surface area contributed by atoms with E-state index in [4.69, 9.17) is 24.4 Å². The van der Waals surface area contributed by atoms with Crippen LogP contribution < -0.4 is 4.90 Å². The summed E-state index contributed by atoms with van der Waals surface area (Å²) in [6, 6.07) is 17.4. The molecular formula is C27H25ClN2O2S2. The van der Waals surface area contributed by atoms with Crippen molar-refractivity contribution in [2.75, 3.05) is 18.0 Å². The molecule has 3 aromatic rings. The van der Waals surface area contributed by atoms with Gasteiger partial charge in [-0.3, -0.25) is 13.9 Å². The number of nitrogens with zero attached hydrogens (tertiary/aromatic N) is 2. The van der Waals surface area contributed by atoms with Gasteiger partial charge in [0.1, 0.15) is 11.5 Å². The molecule has 3 heterocycles. The van der Waals surface area contributed by atoms with E-state index in [1.54, 1.807) is 35.6 Å². The molecular weight excluding hydrogens is 484 g/mol. The number of benzene rings is 2. The lowest BCUT2D eigenvalue weighted by Gasteiger charge is -2.57. The third-order valence-corrected chi connectivity index (χ3v) is 9.53. The predicted molar refractivity (Wildman–Crippen MR) is 140 cm³/mol. The van der Waals surface area contributed by atoms with Crippen molar-refractivity contribution in [1.82, 2.24) is 4.31 Å². The number of piperidine rings is 1. The highest BCUT2D eigenvalue weighted by Crippen LogP contribution is 2.51. The van der Waals surface area contributed by atoms with Crippen molar-refractivity contribution in [3.8, 4) is 0 Å². The number of thiophene rings is 1. The Morgan fingerprint density at radius 1 is 0.971 bits per heavy atom. The maximum Gasteiger partial charge on any atom is 0.248 e. The lowest BCUT2D eigenvalue weighted by molar-refractivity contribution is -0.142. The molecule has 1 spiro atoms. The Bertz CT molecular complexity index is 1250. The van der Waals surface area contributed by atoms with E-state index in [2.05, 4.69) is 29.2 Å². The third-order valence-electron chi connectivity index (χ3n) is 7.96. The Balaban J connectivity index is 1.36. The molecule has 2 unspecified atom stereocenters. The van der Waals surface area contributed by atoms with Crippen LogP contribution in [0.2, 0.25) is 5.02 Å². The zero-order chi connectivity index (χ0) is 23.5. The highest BCUT2D eigenvalue weighted by Gasteiger charge is 2.53. The van der Waals surface area contributed by atoms with Gasteiger partial charge >= 0.3 is 0 Å². The van der Waals surface area contributed by atoms with Crippen molar-refractivity contribution < 1.29 is 9.59 Å². The summed E-state index contributed by atoms with van der Waals surface area (Å²) >= 11 is 12.7. The number of carbonyl (C=O) groups is 2. The molecule has 0 bridgehead atoms. The van der Waals surface area contributed by atoms with Crippen LogP contribution in [0.1, 0.15) is 48.3 Å². The normalized spacial score (nSPS) is 25.9. The van der Waals surface area contributed by atoms with Crippen LogP contribution in [-0.2, 0) is 15.1 Å². The maximum absolute atomic E-state index is 13.7. The van der Waals surface area contributed by atoms with E-state index in [1.807, 2.05) is 16.8 Å². The summed E-state index contributed by atoms with van der Waals surface area (Å²) in [6.07, 6.45) is 4.18. The lowest BCUT2D eigenvalue weighted by atomic mass is 9.63. The molecule has 4 nitrogen and oxygen atoms in total. The summed E-state index contributed by atoms with van der Waals surface area (Å²) in [6.45, 7) is 2.24. The minimum absolute atomic E-state index is 0.140. The fourth-order valence-corrected chi connectivity index (χ4v) is 7.28. The summed E-state index contributed by atoms with van der Waals surface area (Å²) in [5.74, 6) is -1.44. The molecule has 7 heteroatoms. The Labute approximate surface area is 214 Å². The Hall–Kier alpha value is -2.28. The zero-order valence-electron chi connectivity index (χ0n) is 18.6. The number of rotatable bonds is 4. The quantitative estimate of drug-likeness (QED) is 0.343. The average Bonchev–Trinajstić information content (AvgIpc) is 3.32. The molecule has 34 heavy (non-hydrogen) atoms. The second kappa shape index (κ2) is 8.14. The minimum atomic E-state index is -0.961. The molecule has 3 aliphatic rings. The summed E-state index contributed by atoms with van der Waals surface area (Å²) in [5.41, 5.74) is 3.11. The van der Waals surface area contributed by atoms with Gasteiger partial charge in [0.15, 0.2) is 5.78 Å². The molecule has 0 N–H and O–H groups in total. The number of ketones is 1. The van der Waals surface area contributed by atoms with Crippen molar-refractivity contribution in [1.29, 1.82) is 0 Å². The van der Waals surface area contributed by atoms with Crippen molar-refractivity contribution in [3.05, 3.63) is 87.1 Å². The number of thiol groups is 1. The lowest BCUT2D eigenvalue weighted by Crippen LogP contribution is -2.59. The van der Waals surface area contributed by atoms with E-state index < -0.39 is 11.5 Å². The van der Waals surface area contributed by atoms with Crippen molar-refractivity contribution in [2.45, 2.75) is 37.1 Å². The average molecular weight is 509 g/mol. The molecule has 3 fully saturated rings. The van der Waals surface area contributed by atoms with Crippen LogP contribution in [0.3, 0.4) is 0 Å².